The Morgan fingerprint density at radius 2 is 1.37 bits per heavy atom. The van der Waals surface area contributed by atoms with Crippen LogP contribution in [-0.4, -0.2) is 0 Å². The number of fused-ring (bicyclic) bond motifs is 6. The van der Waals surface area contributed by atoms with E-state index >= 15 is 0 Å². The molecule has 19 heavy (non-hydrogen) atoms. The lowest BCUT2D eigenvalue weighted by atomic mass is 9.83. The summed E-state index contributed by atoms with van der Waals surface area (Å²) in [7, 11) is 0. The largest absolute Gasteiger partial charge is 0.0807 e. The number of hydrogen-bond donors (Lipinski definition) is 0. The van der Waals surface area contributed by atoms with E-state index in [1.165, 1.54) is 32.7 Å². The summed E-state index contributed by atoms with van der Waals surface area (Å²) >= 11 is 0. The first-order chi connectivity index (χ1) is 9.34. The van der Waals surface area contributed by atoms with Gasteiger partial charge >= 0.3 is 0 Å². The fourth-order valence-electron chi connectivity index (χ4n) is 3.30. The normalized spacial score (nSPS) is 17.8. The van der Waals surface area contributed by atoms with E-state index in [4.69, 9.17) is 0 Å². The van der Waals surface area contributed by atoms with Crippen LogP contribution in [0.1, 0.15) is 18.1 Å². The summed E-state index contributed by atoms with van der Waals surface area (Å²) < 4.78 is 0. The first-order valence-electron chi connectivity index (χ1n) is 6.95. The smallest absolute Gasteiger partial charge is 0.00992 e. The molecule has 4 rings (SSSR count). The standard InChI is InChI=1S/C19H16/c1-13-10-11-18-16-8-3-2-6-14(16)15-7-4-5-9-17(15)19(18)12-13/h2-11,13H,12H2,1H3. The van der Waals surface area contributed by atoms with Gasteiger partial charge in [0, 0.05) is 0 Å². The van der Waals surface area contributed by atoms with Gasteiger partial charge in [-0.1, -0.05) is 67.6 Å². The Bertz CT molecular complexity index is 809. The van der Waals surface area contributed by atoms with Gasteiger partial charge in [0.05, 0.1) is 0 Å². The van der Waals surface area contributed by atoms with E-state index < -0.39 is 0 Å². The Balaban J connectivity index is 2.27. The predicted octanol–water partition coefficient (Wildman–Crippen LogP) is 5.20. The molecule has 0 saturated heterocycles. The molecule has 0 amide bonds. The molecule has 1 atom stereocenters. The first-order valence-corrected chi connectivity index (χ1v) is 6.95. The SMILES string of the molecule is CC1C=Cc2c(c3ccccc3c3ccccc23)C1. The van der Waals surface area contributed by atoms with Crippen LogP contribution in [0.2, 0.25) is 0 Å². The lowest BCUT2D eigenvalue weighted by Gasteiger charge is -2.21. The number of benzene rings is 3. The van der Waals surface area contributed by atoms with Crippen molar-refractivity contribution in [2.24, 2.45) is 5.92 Å². The zero-order valence-electron chi connectivity index (χ0n) is 11.1. The molecule has 0 heteroatoms. The van der Waals surface area contributed by atoms with E-state index in [1.807, 2.05) is 0 Å². The zero-order chi connectivity index (χ0) is 12.8. The van der Waals surface area contributed by atoms with Gasteiger partial charge in [-0.3, -0.25) is 0 Å². The third-order valence-electron chi connectivity index (χ3n) is 4.20. The molecule has 92 valence electrons. The lowest BCUT2D eigenvalue weighted by Crippen LogP contribution is -2.04. The van der Waals surface area contributed by atoms with E-state index in [1.54, 1.807) is 0 Å². The second-order valence-electron chi connectivity index (χ2n) is 5.52. The predicted molar refractivity (Wildman–Crippen MR) is 83.4 cm³/mol. The Morgan fingerprint density at radius 3 is 2.11 bits per heavy atom. The highest BCUT2D eigenvalue weighted by Gasteiger charge is 2.16. The van der Waals surface area contributed by atoms with Gasteiger partial charge in [-0.05, 0) is 45.0 Å². The number of rotatable bonds is 0. The minimum Gasteiger partial charge on any atom is -0.0807 e. The Hall–Kier alpha value is -2.08. The molecule has 0 aromatic heterocycles. The van der Waals surface area contributed by atoms with Gasteiger partial charge in [-0.25, -0.2) is 0 Å². The second kappa shape index (κ2) is 3.96. The van der Waals surface area contributed by atoms with Gasteiger partial charge in [0.15, 0.2) is 0 Å². The van der Waals surface area contributed by atoms with Crippen LogP contribution in [0.3, 0.4) is 0 Å². The molecule has 0 bridgehead atoms. The van der Waals surface area contributed by atoms with Gasteiger partial charge in [-0.2, -0.15) is 0 Å². The zero-order valence-corrected chi connectivity index (χ0v) is 11.1. The molecule has 0 N–H and O–H groups in total. The van der Waals surface area contributed by atoms with Crippen LogP contribution in [0.5, 0.6) is 0 Å². The maximum absolute atomic E-state index is 2.34. The van der Waals surface area contributed by atoms with Crippen molar-refractivity contribution >= 4 is 27.6 Å². The molecule has 1 aliphatic rings. The van der Waals surface area contributed by atoms with Gasteiger partial charge < -0.3 is 0 Å². The van der Waals surface area contributed by atoms with Crippen LogP contribution < -0.4 is 0 Å². The fraction of sp³-hybridized carbons (Fsp3) is 0.158. The highest BCUT2D eigenvalue weighted by atomic mass is 14.2. The minimum absolute atomic E-state index is 0.636. The fourth-order valence-corrected chi connectivity index (χ4v) is 3.30. The quantitative estimate of drug-likeness (QED) is 0.477. The summed E-state index contributed by atoms with van der Waals surface area (Å²) in [6.45, 7) is 2.30. The molecule has 0 aliphatic heterocycles. The maximum atomic E-state index is 2.34. The highest BCUT2D eigenvalue weighted by molar-refractivity contribution is 6.12. The monoisotopic (exact) mass is 244 g/mol. The topological polar surface area (TPSA) is 0 Å². The highest BCUT2D eigenvalue weighted by Crippen LogP contribution is 2.37. The Kier molecular flexibility index (Phi) is 2.25. The summed E-state index contributed by atoms with van der Waals surface area (Å²) in [6, 6.07) is 17.6. The molecule has 0 heterocycles. The van der Waals surface area contributed by atoms with Crippen molar-refractivity contribution in [1.82, 2.24) is 0 Å². The summed E-state index contributed by atoms with van der Waals surface area (Å²) in [5.41, 5.74) is 2.94. The first kappa shape index (κ1) is 10.8. The van der Waals surface area contributed by atoms with E-state index in [0.29, 0.717) is 5.92 Å². The summed E-state index contributed by atoms with van der Waals surface area (Å²) in [6.07, 6.45) is 5.80. The van der Waals surface area contributed by atoms with Crippen molar-refractivity contribution in [3.63, 3.8) is 0 Å². The molecule has 0 fully saturated rings. The van der Waals surface area contributed by atoms with Crippen molar-refractivity contribution < 1.29 is 0 Å². The van der Waals surface area contributed by atoms with E-state index in [2.05, 4.69) is 67.6 Å². The van der Waals surface area contributed by atoms with Crippen LogP contribution in [0.25, 0.3) is 27.6 Å². The second-order valence-corrected chi connectivity index (χ2v) is 5.52. The van der Waals surface area contributed by atoms with Crippen LogP contribution in [0.4, 0.5) is 0 Å². The third-order valence-corrected chi connectivity index (χ3v) is 4.20. The van der Waals surface area contributed by atoms with Gasteiger partial charge in [-0.15, -0.1) is 0 Å². The average Bonchev–Trinajstić information content (AvgIpc) is 2.47. The number of hydrogen-bond acceptors (Lipinski definition) is 0. The van der Waals surface area contributed by atoms with Crippen LogP contribution >= 0.6 is 0 Å². The molecule has 0 spiro atoms. The Morgan fingerprint density at radius 1 is 0.789 bits per heavy atom. The Labute approximate surface area is 113 Å². The summed E-state index contributed by atoms with van der Waals surface area (Å²) in [5.74, 6) is 0.636. The molecule has 1 aliphatic carbocycles. The minimum atomic E-state index is 0.636. The molecule has 0 nitrogen and oxygen atoms in total. The molecular formula is C19H16. The molecular weight excluding hydrogens is 228 g/mol. The number of allylic oxidation sites excluding steroid dienone is 1. The van der Waals surface area contributed by atoms with Gasteiger partial charge in [0.25, 0.3) is 0 Å². The summed E-state index contributed by atoms with van der Waals surface area (Å²) in [5, 5.41) is 5.57. The van der Waals surface area contributed by atoms with Crippen molar-refractivity contribution in [3.05, 3.63) is 65.7 Å². The van der Waals surface area contributed by atoms with E-state index in [9.17, 15) is 0 Å². The van der Waals surface area contributed by atoms with Crippen molar-refractivity contribution in [2.45, 2.75) is 13.3 Å². The van der Waals surface area contributed by atoms with Crippen LogP contribution in [0, 0.1) is 5.92 Å². The van der Waals surface area contributed by atoms with Gasteiger partial charge in [0.2, 0.25) is 0 Å². The maximum Gasteiger partial charge on any atom is -0.00992 e. The van der Waals surface area contributed by atoms with E-state index in [0.717, 1.165) is 6.42 Å². The van der Waals surface area contributed by atoms with Crippen LogP contribution in [0.15, 0.2) is 54.6 Å². The van der Waals surface area contributed by atoms with Gasteiger partial charge in [0.1, 0.15) is 0 Å². The summed E-state index contributed by atoms with van der Waals surface area (Å²) in [4.78, 5) is 0. The van der Waals surface area contributed by atoms with Crippen molar-refractivity contribution in [1.29, 1.82) is 0 Å². The average molecular weight is 244 g/mol. The molecule has 0 radical (unpaired) electrons. The molecule has 1 unspecified atom stereocenters. The molecule has 3 aromatic carbocycles. The van der Waals surface area contributed by atoms with Crippen LogP contribution in [-0.2, 0) is 6.42 Å². The van der Waals surface area contributed by atoms with E-state index in [-0.39, 0.29) is 0 Å². The third kappa shape index (κ3) is 1.53. The molecule has 3 aromatic rings. The van der Waals surface area contributed by atoms with Crippen molar-refractivity contribution in [2.75, 3.05) is 0 Å². The lowest BCUT2D eigenvalue weighted by molar-refractivity contribution is 0.722. The molecule has 0 saturated carbocycles. The van der Waals surface area contributed by atoms with Crippen molar-refractivity contribution in [3.8, 4) is 0 Å².